The van der Waals surface area contributed by atoms with Crippen LogP contribution in [0.3, 0.4) is 0 Å². The van der Waals surface area contributed by atoms with Gasteiger partial charge in [-0.2, -0.15) is 0 Å². The minimum Gasteiger partial charge on any atom is -0.453 e. The van der Waals surface area contributed by atoms with E-state index >= 15 is 0 Å². The van der Waals surface area contributed by atoms with Crippen LogP contribution in [0.5, 0.6) is 0 Å². The van der Waals surface area contributed by atoms with Crippen LogP contribution in [0.25, 0.3) is 11.3 Å². The summed E-state index contributed by atoms with van der Waals surface area (Å²) in [5, 5.41) is 0. The topological polar surface area (TPSA) is 43.1 Å². The van der Waals surface area contributed by atoms with Crippen molar-refractivity contribution >= 4 is 5.78 Å². The number of hydrogen-bond acceptors (Lipinski definition) is 3. The Morgan fingerprint density at radius 3 is 2.79 bits per heavy atom. The second-order valence-corrected chi connectivity index (χ2v) is 4.66. The second-order valence-electron chi connectivity index (χ2n) is 4.66. The van der Waals surface area contributed by atoms with Crippen LogP contribution in [-0.4, -0.2) is 10.8 Å². The fraction of sp³-hybridized carbons (Fsp3) is 0.375. The largest absolute Gasteiger partial charge is 0.453 e. The van der Waals surface area contributed by atoms with E-state index in [4.69, 9.17) is 4.42 Å². The molecular formula is C16H19NO2. The van der Waals surface area contributed by atoms with Gasteiger partial charge in [-0.05, 0) is 37.1 Å². The van der Waals surface area contributed by atoms with Gasteiger partial charge in [0.1, 0.15) is 5.76 Å². The van der Waals surface area contributed by atoms with Crippen molar-refractivity contribution in [3.8, 4) is 11.3 Å². The zero-order valence-electron chi connectivity index (χ0n) is 11.4. The fourth-order valence-electron chi connectivity index (χ4n) is 2.20. The number of pyridine rings is 1. The highest BCUT2D eigenvalue weighted by Gasteiger charge is 2.20. The number of Topliss-reactive ketones (excluding diaryl/α,β-unsaturated/α-hetero) is 1. The standard InChI is InChI=1S/C16H19NO2/c1-3-6-12(4-2)16(18)15-9-8-14(19-15)13-7-5-10-17-11-13/h5,7-12H,3-4,6H2,1-2H3. The third kappa shape index (κ3) is 3.11. The molecule has 2 heterocycles. The molecule has 2 aromatic heterocycles. The van der Waals surface area contributed by atoms with Crippen molar-refractivity contribution in [2.45, 2.75) is 33.1 Å². The molecule has 3 heteroatoms. The van der Waals surface area contributed by atoms with Gasteiger partial charge in [0, 0.05) is 23.9 Å². The van der Waals surface area contributed by atoms with Crippen LogP contribution in [-0.2, 0) is 0 Å². The molecule has 1 atom stereocenters. The molecule has 2 rings (SSSR count). The smallest absolute Gasteiger partial charge is 0.201 e. The number of aromatic nitrogens is 1. The molecule has 0 saturated carbocycles. The van der Waals surface area contributed by atoms with Crippen molar-refractivity contribution in [2.24, 2.45) is 5.92 Å². The molecule has 0 radical (unpaired) electrons. The summed E-state index contributed by atoms with van der Waals surface area (Å²) in [4.78, 5) is 16.4. The van der Waals surface area contributed by atoms with Crippen molar-refractivity contribution < 1.29 is 9.21 Å². The monoisotopic (exact) mass is 257 g/mol. The third-order valence-electron chi connectivity index (χ3n) is 3.30. The normalized spacial score (nSPS) is 12.3. The predicted octanol–water partition coefficient (Wildman–Crippen LogP) is 4.35. The molecule has 3 nitrogen and oxygen atoms in total. The maximum atomic E-state index is 12.3. The molecule has 0 bridgehead atoms. The van der Waals surface area contributed by atoms with Crippen LogP contribution in [0.4, 0.5) is 0 Å². The molecule has 0 spiro atoms. The molecule has 0 amide bonds. The number of rotatable bonds is 6. The lowest BCUT2D eigenvalue weighted by Crippen LogP contribution is -2.12. The quantitative estimate of drug-likeness (QED) is 0.722. The summed E-state index contributed by atoms with van der Waals surface area (Å²) in [5.74, 6) is 1.33. The van der Waals surface area contributed by atoms with Gasteiger partial charge in [-0.3, -0.25) is 9.78 Å². The summed E-state index contributed by atoms with van der Waals surface area (Å²) >= 11 is 0. The van der Waals surface area contributed by atoms with E-state index < -0.39 is 0 Å². The summed E-state index contributed by atoms with van der Waals surface area (Å²) in [6.45, 7) is 4.14. The van der Waals surface area contributed by atoms with Crippen LogP contribution in [0.1, 0.15) is 43.7 Å². The van der Waals surface area contributed by atoms with Gasteiger partial charge in [0.2, 0.25) is 5.78 Å². The number of carbonyl (C=O) groups is 1. The van der Waals surface area contributed by atoms with E-state index in [0.717, 1.165) is 24.8 Å². The van der Waals surface area contributed by atoms with Crippen LogP contribution < -0.4 is 0 Å². The van der Waals surface area contributed by atoms with Gasteiger partial charge in [-0.15, -0.1) is 0 Å². The molecule has 0 aliphatic rings. The Morgan fingerprint density at radius 2 is 2.16 bits per heavy atom. The Balaban J connectivity index is 2.19. The van der Waals surface area contributed by atoms with Gasteiger partial charge in [-0.25, -0.2) is 0 Å². The first kappa shape index (κ1) is 13.5. The van der Waals surface area contributed by atoms with Crippen molar-refractivity contribution in [3.63, 3.8) is 0 Å². The maximum Gasteiger partial charge on any atom is 0.201 e. The zero-order chi connectivity index (χ0) is 13.7. The number of carbonyl (C=O) groups excluding carboxylic acids is 1. The van der Waals surface area contributed by atoms with Crippen molar-refractivity contribution in [3.05, 3.63) is 42.4 Å². The summed E-state index contributed by atoms with van der Waals surface area (Å²) in [6, 6.07) is 7.38. The molecule has 0 fully saturated rings. The van der Waals surface area contributed by atoms with Gasteiger partial charge < -0.3 is 4.42 Å². The average molecular weight is 257 g/mol. The van der Waals surface area contributed by atoms with E-state index in [9.17, 15) is 4.79 Å². The highest BCUT2D eigenvalue weighted by molar-refractivity contribution is 5.95. The van der Waals surface area contributed by atoms with Gasteiger partial charge >= 0.3 is 0 Å². The van der Waals surface area contributed by atoms with Gasteiger partial charge in [0.25, 0.3) is 0 Å². The highest BCUT2D eigenvalue weighted by atomic mass is 16.3. The number of hydrogen-bond donors (Lipinski definition) is 0. The number of furan rings is 1. The van der Waals surface area contributed by atoms with E-state index in [0.29, 0.717) is 11.5 Å². The lowest BCUT2D eigenvalue weighted by Gasteiger charge is -2.10. The van der Waals surface area contributed by atoms with Gasteiger partial charge in [0.05, 0.1) is 0 Å². The van der Waals surface area contributed by atoms with Crippen molar-refractivity contribution in [2.75, 3.05) is 0 Å². The highest BCUT2D eigenvalue weighted by Crippen LogP contribution is 2.24. The Morgan fingerprint density at radius 1 is 1.32 bits per heavy atom. The minimum atomic E-state index is 0.0675. The summed E-state index contributed by atoms with van der Waals surface area (Å²) < 4.78 is 5.67. The average Bonchev–Trinajstić information content (AvgIpc) is 2.95. The van der Waals surface area contributed by atoms with Gasteiger partial charge in [-0.1, -0.05) is 20.3 Å². The molecule has 0 aliphatic carbocycles. The van der Waals surface area contributed by atoms with Crippen LogP contribution in [0.15, 0.2) is 41.1 Å². The Labute approximate surface area is 113 Å². The fourth-order valence-corrected chi connectivity index (χ4v) is 2.20. The van der Waals surface area contributed by atoms with E-state index in [2.05, 4.69) is 11.9 Å². The van der Waals surface area contributed by atoms with Crippen molar-refractivity contribution in [1.29, 1.82) is 0 Å². The van der Waals surface area contributed by atoms with Crippen LogP contribution >= 0.6 is 0 Å². The lowest BCUT2D eigenvalue weighted by atomic mass is 9.94. The first-order valence-electron chi connectivity index (χ1n) is 6.80. The van der Waals surface area contributed by atoms with E-state index in [-0.39, 0.29) is 11.7 Å². The van der Waals surface area contributed by atoms with Crippen LogP contribution in [0, 0.1) is 5.92 Å². The van der Waals surface area contributed by atoms with E-state index in [1.807, 2.05) is 25.1 Å². The van der Waals surface area contributed by atoms with Crippen LogP contribution in [0.2, 0.25) is 0 Å². The summed E-state index contributed by atoms with van der Waals surface area (Å²) in [6.07, 6.45) is 6.23. The third-order valence-corrected chi connectivity index (χ3v) is 3.30. The second kappa shape index (κ2) is 6.32. The molecule has 0 N–H and O–H groups in total. The SMILES string of the molecule is CCCC(CC)C(=O)c1ccc(-c2cccnc2)o1. The van der Waals surface area contributed by atoms with Gasteiger partial charge in [0.15, 0.2) is 5.76 Å². The van der Waals surface area contributed by atoms with E-state index in [1.54, 1.807) is 18.5 Å². The first-order valence-corrected chi connectivity index (χ1v) is 6.80. The lowest BCUT2D eigenvalue weighted by molar-refractivity contribution is 0.0881. The number of ketones is 1. The molecule has 2 aromatic rings. The molecule has 0 saturated heterocycles. The molecule has 0 aromatic carbocycles. The van der Waals surface area contributed by atoms with Crippen molar-refractivity contribution in [1.82, 2.24) is 4.98 Å². The Bertz CT molecular complexity index is 531. The Kier molecular flexibility index (Phi) is 4.50. The minimum absolute atomic E-state index is 0.0675. The zero-order valence-corrected chi connectivity index (χ0v) is 11.4. The molecular weight excluding hydrogens is 238 g/mol. The maximum absolute atomic E-state index is 12.3. The predicted molar refractivity (Wildman–Crippen MR) is 75.0 cm³/mol. The Hall–Kier alpha value is -1.90. The summed E-state index contributed by atoms with van der Waals surface area (Å²) in [7, 11) is 0. The summed E-state index contributed by atoms with van der Waals surface area (Å²) in [5.41, 5.74) is 0.894. The molecule has 100 valence electrons. The number of nitrogens with zero attached hydrogens (tertiary/aromatic N) is 1. The molecule has 19 heavy (non-hydrogen) atoms. The molecule has 1 unspecified atom stereocenters. The first-order chi connectivity index (χ1) is 9.26. The van der Waals surface area contributed by atoms with E-state index in [1.165, 1.54) is 0 Å². The molecule has 0 aliphatic heterocycles.